The predicted octanol–water partition coefficient (Wildman–Crippen LogP) is 5.42. The van der Waals surface area contributed by atoms with E-state index in [-0.39, 0.29) is 0 Å². The van der Waals surface area contributed by atoms with Crippen LogP contribution >= 0.6 is 11.5 Å². The molecule has 25 heavy (non-hydrogen) atoms. The van der Waals surface area contributed by atoms with Crippen LogP contribution in [0.5, 0.6) is 5.75 Å². The number of hydrogen-bond acceptors (Lipinski definition) is 4. The molecule has 4 rings (SSSR count). The van der Waals surface area contributed by atoms with Crippen molar-refractivity contribution in [2.45, 2.75) is 19.9 Å². The molecule has 0 amide bonds. The second kappa shape index (κ2) is 6.33. The Balaban J connectivity index is 1.74. The Kier molecular flexibility index (Phi) is 4.01. The molecule has 0 N–H and O–H groups in total. The largest absolute Gasteiger partial charge is 0.496 e. The molecular weight excluding hydrogens is 330 g/mol. The highest BCUT2D eigenvalue weighted by Crippen LogP contribution is 2.33. The van der Waals surface area contributed by atoms with E-state index in [9.17, 15) is 0 Å². The molecule has 2 heterocycles. The highest BCUT2D eigenvalue weighted by molar-refractivity contribution is 7.09. The molecule has 0 aliphatic heterocycles. The van der Waals surface area contributed by atoms with Gasteiger partial charge in [-0.1, -0.05) is 12.1 Å². The van der Waals surface area contributed by atoms with Crippen molar-refractivity contribution in [1.29, 1.82) is 0 Å². The molecule has 0 bridgehead atoms. The molecule has 4 nitrogen and oxygen atoms in total. The van der Waals surface area contributed by atoms with Gasteiger partial charge in [-0.25, -0.2) is 4.98 Å². The van der Waals surface area contributed by atoms with Crippen LogP contribution in [0, 0.1) is 0 Å². The first-order valence-corrected chi connectivity index (χ1v) is 9.03. The SMILES string of the molecule is COc1ccccc1-c1nc(-c2ccc3c(ccn3C(C)C)c2)ns1. The molecule has 0 unspecified atom stereocenters. The van der Waals surface area contributed by atoms with Gasteiger partial charge in [-0.2, -0.15) is 4.37 Å². The highest BCUT2D eigenvalue weighted by atomic mass is 32.1. The minimum Gasteiger partial charge on any atom is -0.496 e. The molecule has 0 saturated carbocycles. The Morgan fingerprint density at radius 3 is 2.72 bits per heavy atom. The van der Waals surface area contributed by atoms with Crippen molar-refractivity contribution in [2.24, 2.45) is 0 Å². The summed E-state index contributed by atoms with van der Waals surface area (Å²) in [5.74, 6) is 1.57. The van der Waals surface area contributed by atoms with Gasteiger partial charge in [-0.3, -0.25) is 0 Å². The van der Waals surface area contributed by atoms with Gasteiger partial charge in [0.1, 0.15) is 10.8 Å². The zero-order valence-corrected chi connectivity index (χ0v) is 15.2. The molecule has 0 aliphatic rings. The Bertz CT molecular complexity index is 1030. The Labute approximate surface area is 150 Å². The predicted molar refractivity (Wildman–Crippen MR) is 103 cm³/mol. The maximum Gasteiger partial charge on any atom is 0.173 e. The van der Waals surface area contributed by atoms with Crippen molar-refractivity contribution in [3.05, 3.63) is 54.7 Å². The van der Waals surface area contributed by atoms with Crippen molar-refractivity contribution in [2.75, 3.05) is 7.11 Å². The molecule has 0 aliphatic carbocycles. The van der Waals surface area contributed by atoms with Crippen LogP contribution in [0.2, 0.25) is 0 Å². The lowest BCUT2D eigenvalue weighted by atomic mass is 10.1. The van der Waals surface area contributed by atoms with Crippen molar-refractivity contribution in [3.63, 3.8) is 0 Å². The quantitative estimate of drug-likeness (QED) is 0.494. The topological polar surface area (TPSA) is 39.9 Å². The number of nitrogens with zero attached hydrogens (tertiary/aromatic N) is 3. The molecule has 126 valence electrons. The van der Waals surface area contributed by atoms with Crippen molar-refractivity contribution < 1.29 is 4.74 Å². The fourth-order valence-electron chi connectivity index (χ4n) is 3.02. The average molecular weight is 349 g/mol. The number of benzene rings is 2. The number of methoxy groups -OCH3 is 1. The number of hydrogen-bond donors (Lipinski definition) is 0. The van der Waals surface area contributed by atoms with E-state index >= 15 is 0 Å². The van der Waals surface area contributed by atoms with Gasteiger partial charge in [-0.05, 0) is 61.8 Å². The first-order chi connectivity index (χ1) is 12.2. The van der Waals surface area contributed by atoms with Crippen LogP contribution in [0.4, 0.5) is 0 Å². The minimum atomic E-state index is 0.442. The molecule has 4 aromatic rings. The van der Waals surface area contributed by atoms with Crippen molar-refractivity contribution >= 4 is 22.4 Å². The third kappa shape index (κ3) is 2.81. The summed E-state index contributed by atoms with van der Waals surface area (Å²) in [5, 5.41) is 2.08. The number of fused-ring (bicyclic) bond motifs is 1. The van der Waals surface area contributed by atoms with E-state index in [1.165, 1.54) is 22.4 Å². The van der Waals surface area contributed by atoms with E-state index in [2.05, 4.69) is 53.3 Å². The van der Waals surface area contributed by atoms with Crippen LogP contribution < -0.4 is 4.74 Å². The van der Waals surface area contributed by atoms with Gasteiger partial charge >= 0.3 is 0 Å². The van der Waals surface area contributed by atoms with E-state index in [0.29, 0.717) is 6.04 Å². The Hall–Kier alpha value is -2.66. The second-order valence-electron chi connectivity index (χ2n) is 6.21. The average Bonchev–Trinajstić information content (AvgIpc) is 3.28. The Morgan fingerprint density at radius 1 is 1.08 bits per heavy atom. The zero-order chi connectivity index (χ0) is 17.4. The van der Waals surface area contributed by atoms with Crippen LogP contribution in [0.3, 0.4) is 0 Å². The van der Waals surface area contributed by atoms with Crippen LogP contribution in [0.15, 0.2) is 54.7 Å². The van der Waals surface area contributed by atoms with E-state index < -0.39 is 0 Å². The van der Waals surface area contributed by atoms with Gasteiger partial charge in [0.05, 0.1) is 12.7 Å². The summed E-state index contributed by atoms with van der Waals surface area (Å²) in [6, 6.07) is 16.9. The normalized spacial score (nSPS) is 11.4. The van der Waals surface area contributed by atoms with Gasteiger partial charge in [-0.15, -0.1) is 0 Å². The number of rotatable bonds is 4. The first kappa shape index (κ1) is 15.8. The zero-order valence-electron chi connectivity index (χ0n) is 14.4. The summed E-state index contributed by atoms with van der Waals surface area (Å²) in [6.45, 7) is 4.38. The maximum absolute atomic E-state index is 5.43. The summed E-state index contributed by atoms with van der Waals surface area (Å²) in [6.07, 6.45) is 2.13. The van der Waals surface area contributed by atoms with E-state index in [0.717, 1.165) is 27.7 Å². The van der Waals surface area contributed by atoms with Gasteiger partial charge in [0.25, 0.3) is 0 Å². The molecule has 2 aromatic heterocycles. The second-order valence-corrected chi connectivity index (χ2v) is 6.97. The molecule has 5 heteroatoms. The lowest BCUT2D eigenvalue weighted by Gasteiger charge is -2.09. The fourth-order valence-corrected chi connectivity index (χ4v) is 3.74. The van der Waals surface area contributed by atoms with E-state index in [1.54, 1.807) is 7.11 Å². The van der Waals surface area contributed by atoms with E-state index in [4.69, 9.17) is 9.72 Å². The standard InChI is InChI=1S/C20H19N3OS/c1-13(2)23-11-10-14-12-15(8-9-17(14)23)19-21-20(25-22-19)16-6-4-5-7-18(16)24-3/h4-13H,1-3H3. The summed E-state index contributed by atoms with van der Waals surface area (Å²) in [5.41, 5.74) is 3.24. The molecule has 2 aromatic carbocycles. The minimum absolute atomic E-state index is 0.442. The molecular formula is C20H19N3OS. The fraction of sp³-hybridized carbons (Fsp3) is 0.200. The Morgan fingerprint density at radius 2 is 1.92 bits per heavy atom. The summed E-state index contributed by atoms with van der Waals surface area (Å²) in [7, 11) is 1.67. The van der Waals surface area contributed by atoms with Crippen molar-refractivity contribution in [3.8, 4) is 27.7 Å². The van der Waals surface area contributed by atoms with Crippen LogP contribution in [0.1, 0.15) is 19.9 Å². The van der Waals surface area contributed by atoms with Crippen LogP contribution in [-0.4, -0.2) is 21.0 Å². The smallest absolute Gasteiger partial charge is 0.173 e. The molecule has 0 saturated heterocycles. The number of ether oxygens (including phenoxy) is 1. The summed E-state index contributed by atoms with van der Waals surface area (Å²) < 4.78 is 12.3. The third-order valence-electron chi connectivity index (χ3n) is 4.30. The maximum atomic E-state index is 5.43. The number of para-hydroxylation sites is 1. The monoisotopic (exact) mass is 349 g/mol. The van der Waals surface area contributed by atoms with Gasteiger partial charge < -0.3 is 9.30 Å². The highest BCUT2D eigenvalue weighted by Gasteiger charge is 2.13. The summed E-state index contributed by atoms with van der Waals surface area (Å²) >= 11 is 1.40. The van der Waals surface area contributed by atoms with E-state index in [1.807, 2.05) is 24.3 Å². The van der Waals surface area contributed by atoms with Crippen LogP contribution in [0.25, 0.3) is 32.9 Å². The molecule has 0 fully saturated rings. The van der Waals surface area contributed by atoms with Gasteiger partial charge in [0.2, 0.25) is 0 Å². The molecule has 0 atom stereocenters. The third-order valence-corrected chi connectivity index (χ3v) is 5.05. The molecule has 0 spiro atoms. The number of aromatic nitrogens is 3. The van der Waals surface area contributed by atoms with Crippen molar-refractivity contribution in [1.82, 2.24) is 13.9 Å². The lowest BCUT2D eigenvalue weighted by Crippen LogP contribution is -1.97. The first-order valence-electron chi connectivity index (χ1n) is 8.25. The van der Waals surface area contributed by atoms with Crippen LogP contribution in [-0.2, 0) is 0 Å². The summed E-state index contributed by atoms with van der Waals surface area (Å²) in [4.78, 5) is 4.73. The van der Waals surface area contributed by atoms with Gasteiger partial charge in [0.15, 0.2) is 5.82 Å². The molecule has 0 radical (unpaired) electrons. The lowest BCUT2D eigenvalue weighted by molar-refractivity contribution is 0.416. The van der Waals surface area contributed by atoms with Gasteiger partial charge in [0, 0.05) is 28.7 Å².